The summed E-state index contributed by atoms with van der Waals surface area (Å²) >= 11 is 0. The van der Waals surface area contributed by atoms with Gasteiger partial charge in [0.1, 0.15) is 5.75 Å². The minimum Gasteiger partial charge on any atom is -0.507 e. The molecule has 3 atom stereocenters. The maximum atomic E-state index is 11.3. The molecule has 2 nitrogen and oxygen atoms in total. The van der Waals surface area contributed by atoms with Crippen LogP contribution in [0.3, 0.4) is 0 Å². The van der Waals surface area contributed by atoms with Crippen LogP contribution in [0.5, 0.6) is 5.75 Å². The van der Waals surface area contributed by atoms with Crippen molar-refractivity contribution in [2.24, 2.45) is 16.7 Å². The number of phenols is 1. The zero-order valence-electron chi connectivity index (χ0n) is 18.8. The summed E-state index contributed by atoms with van der Waals surface area (Å²) in [6, 6.07) is 4.48. The predicted molar refractivity (Wildman–Crippen MR) is 113 cm³/mol. The number of fused-ring (bicyclic) bond motifs is 2. The molecule has 1 aromatic rings. The summed E-state index contributed by atoms with van der Waals surface area (Å²) in [5.41, 5.74) is 4.23. The Bertz CT molecular complexity index is 708. The van der Waals surface area contributed by atoms with Gasteiger partial charge in [-0.25, -0.2) is 0 Å². The molecule has 1 N–H and O–H groups in total. The van der Waals surface area contributed by atoms with Crippen molar-refractivity contribution in [1.29, 1.82) is 0 Å². The topological polar surface area (TPSA) is 29.5 Å². The molecular formula is C25H40O2. The Hall–Kier alpha value is -1.02. The Morgan fingerprint density at radius 1 is 1.07 bits per heavy atom. The summed E-state index contributed by atoms with van der Waals surface area (Å²) in [6.45, 7) is 17.0. The number of aromatic hydroxyl groups is 1. The highest BCUT2D eigenvalue weighted by atomic mass is 16.5. The van der Waals surface area contributed by atoms with Crippen molar-refractivity contribution in [3.63, 3.8) is 0 Å². The minimum atomic E-state index is 0.0509. The lowest BCUT2D eigenvalue weighted by Gasteiger charge is -2.59. The maximum Gasteiger partial charge on any atom is 0.124 e. The molecule has 0 spiro atoms. The molecule has 3 rings (SSSR count). The van der Waals surface area contributed by atoms with E-state index in [0.717, 1.165) is 12.0 Å². The monoisotopic (exact) mass is 372 g/mol. The number of ether oxygens (including phenoxy) is 1. The third kappa shape index (κ3) is 3.92. The molecule has 0 radical (unpaired) electrons. The van der Waals surface area contributed by atoms with Crippen molar-refractivity contribution in [2.45, 2.75) is 98.0 Å². The van der Waals surface area contributed by atoms with Gasteiger partial charge in [0.15, 0.2) is 0 Å². The van der Waals surface area contributed by atoms with E-state index in [1.807, 2.05) is 0 Å². The van der Waals surface area contributed by atoms with Crippen LogP contribution in [-0.2, 0) is 22.2 Å². The van der Waals surface area contributed by atoms with Crippen molar-refractivity contribution in [2.75, 3.05) is 7.11 Å². The van der Waals surface area contributed by atoms with Gasteiger partial charge in [0, 0.05) is 23.7 Å². The number of benzene rings is 1. The molecule has 0 heterocycles. The number of hydrogen-bond acceptors (Lipinski definition) is 2. The molecule has 2 aliphatic rings. The van der Waals surface area contributed by atoms with E-state index in [-0.39, 0.29) is 10.8 Å². The molecule has 0 aromatic heterocycles. The first-order valence-corrected chi connectivity index (χ1v) is 10.7. The smallest absolute Gasteiger partial charge is 0.124 e. The molecule has 27 heavy (non-hydrogen) atoms. The summed E-state index contributed by atoms with van der Waals surface area (Å²) in [7, 11) is 1.71. The Balaban J connectivity index is 2.22. The lowest BCUT2D eigenvalue weighted by Crippen LogP contribution is -2.50. The number of hydrogen-bond donors (Lipinski definition) is 1. The average Bonchev–Trinajstić information content (AvgIpc) is 2.44. The maximum absolute atomic E-state index is 11.3. The molecule has 3 unspecified atom stereocenters. The van der Waals surface area contributed by atoms with E-state index in [2.05, 4.69) is 60.6 Å². The molecular weight excluding hydrogens is 332 g/mol. The summed E-state index contributed by atoms with van der Waals surface area (Å²) in [5, 5.41) is 11.3. The van der Waals surface area contributed by atoms with Gasteiger partial charge in [0.2, 0.25) is 0 Å². The number of methoxy groups -OCH3 is 1. The van der Waals surface area contributed by atoms with Crippen LogP contribution in [0.1, 0.15) is 97.3 Å². The molecule has 2 heteroatoms. The largest absolute Gasteiger partial charge is 0.507 e. The summed E-state index contributed by atoms with van der Waals surface area (Å²) in [4.78, 5) is 0. The van der Waals surface area contributed by atoms with Gasteiger partial charge in [-0.2, -0.15) is 0 Å². The van der Waals surface area contributed by atoms with Crippen LogP contribution >= 0.6 is 0 Å². The van der Waals surface area contributed by atoms with Crippen LogP contribution in [-0.4, -0.2) is 12.2 Å². The fraction of sp³-hybridized carbons (Fsp3) is 0.760. The van der Waals surface area contributed by atoms with Crippen molar-refractivity contribution < 1.29 is 9.84 Å². The lowest BCUT2D eigenvalue weighted by atomic mass is 9.46. The van der Waals surface area contributed by atoms with Gasteiger partial charge >= 0.3 is 0 Å². The van der Waals surface area contributed by atoms with Gasteiger partial charge in [0.25, 0.3) is 0 Å². The fourth-order valence-corrected chi connectivity index (χ4v) is 7.04. The van der Waals surface area contributed by atoms with Crippen LogP contribution in [0, 0.1) is 16.7 Å². The van der Waals surface area contributed by atoms with E-state index >= 15 is 0 Å². The molecule has 2 saturated carbocycles. The van der Waals surface area contributed by atoms with Crippen LogP contribution in [0.25, 0.3) is 0 Å². The van der Waals surface area contributed by atoms with Gasteiger partial charge < -0.3 is 9.84 Å². The second-order valence-corrected chi connectivity index (χ2v) is 12.0. The minimum absolute atomic E-state index is 0.0509. The first-order chi connectivity index (χ1) is 12.3. The number of phenolic OH excluding ortho intramolecular Hbond substituents is 1. The third-order valence-corrected chi connectivity index (χ3v) is 6.99. The van der Waals surface area contributed by atoms with Gasteiger partial charge in [-0.1, -0.05) is 54.5 Å². The van der Waals surface area contributed by atoms with E-state index in [9.17, 15) is 5.11 Å². The van der Waals surface area contributed by atoms with Crippen molar-refractivity contribution >= 4 is 0 Å². The average molecular weight is 373 g/mol. The third-order valence-electron chi connectivity index (χ3n) is 6.99. The summed E-state index contributed by atoms with van der Waals surface area (Å²) in [5.74, 6) is 1.18. The first kappa shape index (κ1) is 20.7. The Labute approximate surface area is 166 Å². The highest BCUT2D eigenvalue weighted by Gasteiger charge is 2.54. The summed E-state index contributed by atoms with van der Waals surface area (Å²) in [6.07, 6.45) is 6.13. The van der Waals surface area contributed by atoms with Crippen LogP contribution in [0.2, 0.25) is 0 Å². The Morgan fingerprint density at radius 2 is 1.74 bits per heavy atom. The van der Waals surface area contributed by atoms with Gasteiger partial charge in [-0.15, -0.1) is 0 Å². The van der Waals surface area contributed by atoms with Gasteiger partial charge in [-0.3, -0.25) is 0 Å². The quantitative estimate of drug-likeness (QED) is 0.638. The highest BCUT2D eigenvalue weighted by Crippen LogP contribution is 2.64. The number of rotatable bonds is 3. The van der Waals surface area contributed by atoms with Crippen molar-refractivity contribution in [1.82, 2.24) is 0 Å². The van der Waals surface area contributed by atoms with Crippen LogP contribution in [0.4, 0.5) is 0 Å². The van der Waals surface area contributed by atoms with Crippen LogP contribution in [0.15, 0.2) is 12.1 Å². The molecule has 2 fully saturated rings. The van der Waals surface area contributed by atoms with E-state index in [1.54, 1.807) is 7.11 Å². The first-order valence-electron chi connectivity index (χ1n) is 10.7. The second-order valence-electron chi connectivity index (χ2n) is 12.0. The molecule has 0 aliphatic heterocycles. The molecule has 2 aliphatic carbocycles. The Morgan fingerprint density at radius 3 is 2.33 bits per heavy atom. The highest BCUT2D eigenvalue weighted by molar-refractivity contribution is 5.50. The lowest BCUT2D eigenvalue weighted by molar-refractivity contribution is -0.0313. The SMILES string of the molecule is COCc1cc(C(C)(C)C)cc(C23CC(C)CC(C)(CC(C)(C)C2)C3)c1O. The molecule has 2 bridgehead atoms. The summed E-state index contributed by atoms with van der Waals surface area (Å²) < 4.78 is 5.44. The van der Waals surface area contributed by atoms with E-state index < -0.39 is 0 Å². The predicted octanol–water partition coefficient (Wildman–Crippen LogP) is 6.72. The zero-order valence-corrected chi connectivity index (χ0v) is 18.8. The molecule has 0 amide bonds. The van der Waals surface area contributed by atoms with E-state index in [4.69, 9.17) is 4.74 Å². The van der Waals surface area contributed by atoms with Gasteiger partial charge in [-0.05, 0) is 65.9 Å². The van der Waals surface area contributed by atoms with Crippen molar-refractivity contribution in [3.05, 3.63) is 28.8 Å². The van der Waals surface area contributed by atoms with Crippen molar-refractivity contribution in [3.8, 4) is 5.75 Å². The molecule has 1 aromatic carbocycles. The van der Waals surface area contributed by atoms with E-state index in [0.29, 0.717) is 29.1 Å². The Kier molecular flexibility index (Phi) is 4.99. The fourth-order valence-electron chi connectivity index (χ4n) is 7.04. The standard InChI is InChI=1S/C25H40O2/c1-17-11-24(7)14-23(5,6)15-25(12-17,16-24)20-10-19(22(2,3)4)9-18(13-27-8)21(20)26/h9-10,17,26H,11-16H2,1-8H3. The molecule has 0 saturated heterocycles. The zero-order chi connectivity index (χ0) is 20.3. The van der Waals surface area contributed by atoms with Gasteiger partial charge in [0.05, 0.1) is 6.61 Å². The normalized spacial score (nSPS) is 33.1. The molecule has 152 valence electrons. The second kappa shape index (κ2) is 6.51. The van der Waals surface area contributed by atoms with E-state index in [1.165, 1.54) is 36.8 Å². The van der Waals surface area contributed by atoms with Crippen LogP contribution < -0.4 is 0 Å².